The third kappa shape index (κ3) is 2.76. The van der Waals surface area contributed by atoms with Crippen molar-refractivity contribution in [3.63, 3.8) is 0 Å². The van der Waals surface area contributed by atoms with Crippen LogP contribution in [0.2, 0.25) is 5.15 Å². The lowest BCUT2D eigenvalue weighted by Crippen LogP contribution is -2.23. The molecule has 17 heavy (non-hydrogen) atoms. The smallest absolute Gasteiger partial charge is 0.254 e. The van der Waals surface area contributed by atoms with Crippen LogP contribution in [0, 0.1) is 0 Å². The van der Waals surface area contributed by atoms with Crippen LogP contribution in [0.25, 0.3) is 0 Å². The summed E-state index contributed by atoms with van der Waals surface area (Å²) < 4.78 is 4.89. The number of nitrogens with zero attached hydrogens (tertiary/aromatic N) is 1. The summed E-state index contributed by atoms with van der Waals surface area (Å²) in [6, 6.07) is 3.25. The van der Waals surface area contributed by atoms with Gasteiger partial charge in [0.15, 0.2) is 0 Å². The zero-order chi connectivity index (χ0) is 12.3. The van der Waals surface area contributed by atoms with Gasteiger partial charge in [0.05, 0.1) is 30.0 Å². The molecule has 2 heterocycles. The van der Waals surface area contributed by atoms with Gasteiger partial charge in [0.1, 0.15) is 5.15 Å². The maximum atomic E-state index is 11.8. The SMILES string of the molecule is Nc1cnc(Cl)c(C(=O)NCc2ccoc2)c1. The van der Waals surface area contributed by atoms with Crippen LogP contribution in [-0.4, -0.2) is 10.9 Å². The predicted molar refractivity (Wildman–Crippen MR) is 63.5 cm³/mol. The predicted octanol–water partition coefficient (Wildman–Crippen LogP) is 1.84. The Morgan fingerprint density at radius 2 is 2.41 bits per heavy atom. The molecule has 0 unspecified atom stereocenters. The van der Waals surface area contributed by atoms with E-state index < -0.39 is 0 Å². The minimum Gasteiger partial charge on any atom is -0.472 e. The van der Waals surface area contributed by atoms with Crippen LogP contribution in [-0.2, 0) is 6.54 Å². The molecular formula is C11H10ClN3O2. The van der Waals surface area contributed by atoms with E-state index in [0.717, 1.165) is 5.56 Å². The Bertz CT molecular complexity index is 526. The van der Waals surface area contributed by atoms with Crippen molar-refractivity contribution >= 4 is 23.2 Å². The summed E-state index contributed by atoms with van der Waals surface area (Å²) in [4.78, 5) is 15.6. The van der Waals surface area contributed by atoms with Crippen LogP contribution in [0.1, 0.15) is 15.9 Å². The second-order valence-electron chi connectivity index (χ2n) is 3.42. The highest BCUT2D eigenvalue weighted by Crippen LogP contribution is 2.15. The first-order valence-electron chi connectivity index (χ1n) is 4.87. The largest absolute Gasteiger partial charge is 0.472 e. The van der Waals surface area contributed by atoms with E-state index in [0.29, 0.717) is 12.2 Å². The summed E-state index contributed by atoms with van der Waals surface area (Å²) in [6.07, 6.45) is 4.49. The molecule has 0 saturated carbocycles. The minimum absolute atomic E-state index is 0.129. The maximum Gasteiger partial charge on any atom is 0.254 e. The number of nitrogens with one attached hydrogen (secondary N) is 1. The van der Waals surface area contributed by atoms with E-state index >= 15 is 0 Å². The van der Waals surface area contributed by atoms with Crippen LogP contribution in [0.4, 0.5) is 5.69 Å². The number of pyridine rings is 1. The van der Waals surface area contributed by atoms with E-state index in [1.165, 1.54) is 18.5 Å². The number of furan rings is 1. The van der Waals surface area contributed by atoms with Gasteiger partial charge in [0.2, 0.25) is 0 Å². The molecule has 0 aliphatic carbocycles. The summed E-state index contributed by atoms with van der Waals surface area (Å²) in [5.41, 5.74) is 7.06. The van der Waals surface area contributed by atoms with Crippen LogP contribution in [0.5, 0.6) is 0 Å². The fourth-order valence-electron chi connectivity index (χ4n) is 1.29. The van der Waals surface area contributed by atoms with Gasteiger partial charge in [0, 0.05) is 12.1 Å². The first kappa shape index (κ1) is 11.5. The topological polar surface area (TPSA) is 81.1 Å². The zero-order valence-corrected chi connectivity index (χ0v) is 9.57. The van der Waals surface area contributed by atoms with Gasteiger partial charge >= 0.3 is 0 Å². The van der Waals surface area contributed by atoms with E-state index in [1.54, 1.807) is 12.3 Å². The van der Waals surface area contributed by atoms with Crippen LogP contribution in [0.3, 0.4) is 0 Å². The first-order chi connectivity index (χ1) is 8.16. The molecule has 1 amide bonds. The molecule has 6 heteroatoms. The monoisotopic (exact) mass is 251 g/mol. The number of anilines is 1. The zero-order valence-electron chi connectivity index (χ0n) is 8.81. The Kier molecular flexibility index (Phi) is 3.30. The minimum atomic E-state index is -0.323. The number of hydrogen-bond acceptors (Lipinski definition) is 4. The molecule has 3 N–H and O–H groups in total. The number of hydrogen-bond donors (Lipinski definition) is 2. The van der Waals surface area contributed by atoms with E-state index in [2.05, 4.69) is 10.3 Å². The summed E-state index contributed by atoms with van der Waals surface area (Å²) in [5.74, 6) is -0.323. The van der Waals surface area contributed by atoms with Crippen LogP contribution in [0.15, 0.2) is 35.3 Å². The average Bonchev–Trinajstić information content (AvgIpc) is 2.82. The molecule has 5 nitrogen and oxygen atoms in total. The molecule has 0 aliphatic heterocycles. The van der Waals surface area contributed by atoms with Gasteiger partial charge in [-0.05, 0) is 12.1 Å². The van der Waals surface area contributed by atoms with E-state index in [9.17, 15) is 4.79 Å². The van der Waals surface area contributed by atoms with Crippen molar-refractivity contribution in [1.29, 1.82) is 0 Å². The summed E-state index contributed by atoms with van der Waals surface area (Å²) in [6.45, 7) is 0.362. The summed E-state index contributed by atoms with van der Waals surface area (Å²) in [5, 5.41) is 2.82. The molecule has 88 valence electrons. The van der Waals surface area contributed by atoms with Crippen molar-refractivity contribution in [3.8, 4) is 0 Å². The Hall–Kier alpha value is -2.01. The number of halogens is 1. The van der Waals surface area contributed by atoms with Gasteiger partial charge in [-0.15, -0.1) is 0 Å². The molecule has 0 saturated heterocycles. The van der Waals surface area contributed by atoms with Crippen molar-refractivity contribution in [2.24, 2.45) is 0 Å². The number of nitrogens with two attached hydrogens (primary N) is 1. The second kappa shape index (κ2) is 4.88. The van der Waals surface area contributed by atoms with Crippen molar-refractivity contribution in [2.75, 3.05) is 5.73 Å². The number of rotatable bonds is 3. The molecule has 0 aromatic carbocycles. The molecule has 2 rings (SSSR count). The van der Waals surface area contributed by atoms with E-state index in [-0.39, 0.29) is 16.6 Å². The maximum absolute atomic E-state index is 11.8. The highest BCUT2D eigenvalue weighted by molar-refractivity contribution is 6.32. The number of carbonyl (C=O) groups is 1. The van der Waals surface area contributed by atoms with Crippen molar-refractivity contribution in [2.45, 2.75) is 6.54 Å². The molecule has 0 radical (unpaired) electrons. The Morgan fingerprint density at radius 3 is 3.12 bits per heavy atom. The third-order valence-corrected chi connectivity index (χ3v) is 2.44. The van der Waals surface area contributed by atoms with E-state index in [1.807, 2.05) is 0 Å². The number of aromatic nitrogens is 1. The molecule has 0 atom stereocenters. The molecule has 0 fully saturated rings. The lowest BCUT2D eigenvalue weighted by Gasteiger charge is -2.05. The van der Waals surface area contributed by atoms with Gasteiger partial charge in [0.25, 0.3) is 5.91 Å². The van der Waals surface area contributed by atoms with Crippen molar-refractivity contribution < 1.29 is 9.21 Å². The Balaban J connectivity index is 2.07. The average molecular weight is 252 g/mol. The Morgan fingerprint density at radius 1 is 1.59 bits per heavy atom. The normalized spacial score (nSPS) is 10.2. The summed E-state index contributed by atoms with van der Waals surface area (Å²) >= 11 is 5.81. The van der Waals surface area contributed by atoms with Crippen LogP contribution >= 0.6 is 11.6 Å². The summed E-state index contributed by atoms with van der Waals surface area (Å²) in [7, 11) is 0. The van der Waals surface area contributed by atoms with Gasteiger partial charge in [-0.3, -0.25) is 4.79 Å². The van der Waals surface area contributed by atoms with Gasteiger partial charge in [-0.1, -0.05) is 11.6 Å². The van der Waals surface area contributed by atoms with Crippen LogP contribution < -0.4 is 11.1 Å². The van der Waals surface area contributed by atoms with Gasteiger partial charge < -0.3 is 15.5 Å². The highest BCUT2D eigenvalue weighted by Gasteiger charge is 2.11. The Labute approximate surface area is 103 Å². The van der Waals surface area contributed by atoms with Gasteiger partial charge in [-0.25, -0.2) is 4.98 Å². The molecule has 0 aliphatic rings. The van der Waals surface area contributed by atoms with Crippen molar-refractivity contribution in [1.82, 2.24) is 10.3 Å². The molecule has 0 bridgehead atoms. The third-order valence-electron chi connectivity index (χ3n) is 2.14. The fourth-order valence-corrected chi connectivity index (χ4v) is 1.48. The highest BCUT2D eigenvalue weighted by atomic mass is 35.5. The van der Waals surface area contributed by atoms with Gasteiger partial charge in [-0.2, -0.15) is 0 Å². The molecule has 0 spiro atoms. The second-order valence-corrected chi connectivity index (χ2v) is 3.78. The number of nitrogen functional groups attached to an aromatic ring is 1. The number of amides is 1. The quantitative estimate of drug-likeness (QED) is 0.816. The first-order valence-corrected chi connectivity index (χ1v) is 5.25. The standard InChI is InChI=1S/C11H10ClN3O2/c12-10-9(3-8(13)5-14-10)11(16)15-4-7-1-2-17-6-7/h1-3,5-6H,4,13H2,(H,15,16). The molecular weight excluding hydrogens is 242 g/mol. The van der Waals surface area contributed by atoms with E-state index in [4.69, 9.17) is 21.8 Å². The lowest BCUT2D eigenvalue weighted by atomic mass is 10.2. The fraction of sp³-hybridized carbons (Fsp3) is 0.0909. The number of carbonyl (C=O) groups excluding carboxylic acids is 1. The lowest BCUT2D eigenvalue weighted by molar-refractivity contribution is 0.0950. The molecule has 2 aromatic heterocycles. The molecule has 2 aromatic rings. The van der Waals surface area contributed by atoms with Crippen molar-refractivity contribution in [3.05, 3.63) is 47.1 Å².